The van der Waals surface area contributed by atoms with Crippen LogP contribution in [0.4, 0.5) is 4.39 Å². The van der Waals surface area contributed by atoms with Gasteiger partial charge in [-0.25, -0.2) is 4.39 Å². The molecule has 2 unspecified atom stereocenters. The van der Waals surface area contributed by atoms with E-state index in [1.165, 1.54) is 0 Å². The van der Waals surface area contributed by atoms with E-state index in [9.17, 15) is 0 Å². The molecule has 0 spiro atoms. The zero-order chi connectivity index (χ0) is 15.0. The van der Waals surface area contributed by atoms with Crippen molar-refractivity contribution in [2.45, 2.75) is 38.5 Å². The van der Waals surface area contributed by atoms with Crippen molar-refractivity contribution in [1.29, 1.82) is 0 Å². The molecule has 1 fully saturated rings. The first-order chi connectivity index (χ1) is 9.23. The summed E-state index contributed by atoms with van der Waals surface area (Å²) in [6.07, 6.45) is 0.405. The Balaban J connectivity index is 2.38. The van der Waals surface area contributed by atoms with E-state index in [-0.39, 0.29) is 5.92 Å². The summed E-state index contributed by atoms with van der Waals surface area (Å²) in [4.78, 5) is 2.04. The quantitative estimate of drug-likeness (QED) is 0.839. The molecule has 2 nitrogen and oxygen atoms in total. The molecule has 3 heteroatoms. The summed E-state index contributed by atoms with van der Waals surface area (Å²) in [7, 11) is 3.97. The molecule has 1 aromatic rings. The summed E-state index contributed by atoms with van der Waals surface area (Å²) in [6, 6.07) is 7.85. The average Bonchev–Trinajstić information content (AvgIpc) is 2.32. The molecule has 2 rings (SSSR count). The van der Waals surface area contributed by atoms with Gasteiger partial charge in [-0.1, -0.05) is 29.8 Å². The Hall–Kier alpha value is -0.930. The third-order valence-corrected chi connectivity index (χ3v) is 4.09. The molecule has 1 aliphatic rings. The van der Waals surface area contributed by atoms with E-state index >= 15 is 4.39 Å². The van der Waals surface area contributed by atoms with Gasteiger partial charge in [0, 0.05) is 18.9 Å². The molecule has 0 saturated carbocycles. The summed E-state index contributed by atoms with van der Waals surface area (Å²) in [6.45, 7) is 7.13. The SMILES string of the molecule is Cc1cccc(C2(F)CC(C)(C)OCC2CN(C)C)c1. The smallest absolute Gasteiger partial charge is 0.144 e. The molecule has 0 aromatic heterocycles. The Morgan fingerprint density at radius 1 is 1.35 bits per heavy atom. The second-order valence-corrected chi connectivity index (χ2v) is 6.94. The van der Waals surface area contributed by atoms with Gasteiger partial charge in [0.1, 0.15) is 5.67 Å². The third-order valence-electron chi connectivity index (χ3n) is 4.09. The zero-order valence-corrected chi connectivity index (χ0v) is 13.2. The lowest BCUT2D eigenvalue weighted by atomic mass is 9.73. The van der Waals surface area contributed by atoms with Gasteiger partial charge in [0.2, 0.25) is 0 Å². The molecular weight excluding hydrogens is 253 g/mol. The highest BCUT2D eigenvalue weighted by Crippen LogP contribution is 2.46. The van der Waals surface area contributed by atoms with Crippen LogP contribution in [0.2, 0.25) is 0 Å². The van der Waals surface area contributed by atoms with Crippen molar-refractivity contribution in [1.82, 2.24) is 4.90 Å². The van der Waals surface area contributed by atoms with Gasteiger partial charge in [-0.15, -0.1) is 0 Å². The van der Waals surface area contributed by atoms with Crippen LogP contribution in [0.25, 0.3) is 0 Å². The standard InChI is InChI=1S/C17H26FNO/c1-13-7-6-8-14(9-13)17(18)12-16(2,3)20-11-15(17)10-19(4)5/h6-9,15H,10-12H2,1-5H3. The fourth-order valence-corrected chi connectivity index (χ4v) is 3.15. The van der Waals surface area contributed by atoms with E-state index in [2.05, 4.69) is 0 Å². The number of rotatable bonds is 3. The van der Waals surface area contributed by atoms with Gasteiger partial charge in [0.15, 0.2) is 0 Å². The Labute approximate surface area is 121 Å². The Kier molecular flexibility index (Phi) is 4.22. The largest absolute Gasteiger partial charge is 0.375 e. The predicted octanol–water partition coefficient (Wildman–Crippen LogP) is 3.54. The normalized spacial score (nSPS) is 29.6. The average molecular weight is 279 g/mol. The van der Waals surface area contributed by atoms with E-state index in [0.29, 0.717) is 19.6 Å². The van der Waals surface area contributed by atoms with Crippen LogP contribution in [-0.2, 0) is 10.4 Å². The summed E-state index contributed by atoms with van der Waals surface area (Å²) in [5.74, 6) is -0.132. The minimum atomic E-state index is -1.32. The maximum Gasteiger partial charge on any atom is 0.144 e. The Morgan fingerprint density at radius 2 is 2.05 bits per heavy atom. The molecule has 20 heavy (non-hydrogen) atoms. The number of hydrogen-bond acceptors (Lipinski definition) is 2. The number of alkyl halides is 1. The van der Waals surface area contributed by atoms with E-state index in [0.717, 1.165) is 11.1 Å². The maximum atomic E-state index is 15.9. The highest BCUT2D eigenvalue weighted by Gasteiger charge is 2.49. The van der Waals surface area contributed by atoms with Gasteiger partial charge in [0.05, 0.1) is 12.2 Å². The molecule has 112 valence electrons. The first kappa shape index (κ1) is 15.5. The van der Waals surface area contributed by atoms with Crippen LogP contribution < -0.4 is 0 Å². The second-order valence-electron chi connectivity index (χ2n) is 6.94. The molecule has 0 radical (unpaired) electrons. The van der Waals surface area contributed by atoms with Crippen molar-refractivity contribution >= 4 is 0 Å². The Bertz CT molecular complexity index is 472. The fraction of sp³-hybridized carbons (Fsp3) is 0.647. The molecule has 1 heterocycles. The molecule has 2 atom stereocenters. The Morgan fingerprint density at radius 3 is 2.65 bits per heavy atom. The van der Waals surface area contributed by atoms with Crippen molar-refractivity contribution in [2.75, 3.05) is 27.2 Å². The number of halogens is 1. The van der Waals surface area contributed by atoms with Crippen LogP contribution >= 0.6 is 0 Å². The number of benzene rings is 1. The lowest BCUT2D eigenvalue weighted by molar-refractivity contribution is -0.157. The summed E-state index contributed by atoms with van der Waals surface area (Å²) >= 11 is 0. The van der Waals surface area contributed by atoms with E-state index < -0.39 is 11.3 Å². The van der Waals surface area contributed by atoms with Crippen LogP contribution in [0.1, 0.15) is 31.4 Å². The highest BCUT2D eigenvalue weighted by atomic mass is 19.1. The van der Waals surface area contributed by atoms with Crippen molar-refractivity contribution < 1.29 is 9.13 Å². The van der Waals surface area contributed by atoms with E-state index in [1.807, 2.05) is 64.0 Å². The number of aryl methyl sites for hydroxylation is 1. The zero-order valence-electron chi connectivity index (χ0n) is 13.2. The monoisotopic (exact) mass is 279 g/mol. The molecular formula is C17H26FNO. The topological polar surface area (TPSA) is 12.5 Å². The first-order valence-electron chi connectivity index (χ1n) is 7.28. The van der Waals surface area contributed by atoms with Gasteiger partial charge >= 0.3 is 0 Å². The minimum absolute atomic E-state index is 0.132. The van der Waals surface area contributed by atoms with Gasteiger partial charge < -0.3 is 9.64 Å². The highest BCUT2D eigenvalue weighted by molar-refractivity contribution is 5.29. The molecule has 1 aliphatic heterocycles. The summed E-state index contributed by atoms with van der Waals surface area (Å²) < 4.78 is 21.8. The summed E-state index contributed by atoms with van der Waals surface area (Å²) in [5.41, 5.74) is 0.160. The number of nitrogens with zero attached hydrogens (tertiary/aromatic N) is 1. The van der Waals surface area contributed by atoms with Crippen LogP contribution in [0.3, 0.4) is 0 Å². The molecule has 0 N–H and O–H groups in total. The van der Waals surface area contributed by atoms with E-state index in [4.69, 9.17) is 4.74 Å². The van der Waals surface area contributed by atoms with Crippen molar-refractivity contribution in [2.24, 2.45) is 5.92 Å². The van der Waals surface area contributed by atoms with Crippen molar-refractivity contribution in [3.05, 3.63) is 35.4 Å². The van der Waals surface area contributed by atoms with Crippen LogP contribution in [0.15, 0.2) is 24.3 Å². The van der Waals surface area contributed by atoms with E-state index in [1.54, 1.807) is 0 Å². The number of ether oxygens (including phenoxy) is 1. The molecule has 0 aliphatic carbocycles. The fourth-order valence-electron chi connectivity index (χ4n) is 3.15. The van der Waals surface area contributed by atoms with Crippen molar-refractivity contribution in [3.8, 4) is 0 Å². The first-order valence-corrected chi connectivity index (χ1v) is 7.28. The lowest BCUT2D eigenvalue weighted by Crippen LogP contribution is -2.51. The van der Waals surface area contributed by atoms with Crippen LogP contribution in [-0.4, -0.2) is 37.7 Å². The third kappa shape index (κ3) is 3.21. The minimum Gasteiger partial charge on any atom is -0.375 e. The van der Waals surface area contributed by atoms with Gasteiger partial charge in [-0.3, -0.25) is 0 Å². The summed E-state index contributed by atoms with van der Waals surface area (Å²) in [5, 5.41) is 0. The van der Waals surface area contributed by atoms with Crippen LogP contribution in [0.5, 0.6) is 0 Å². The molecule has 1 saturated heterocycles. The second kappa shape index (κ2) is 5.45. The maximum absolute atomic E-state index is 15.9. The van der Waals surface area contributed by atoms with Crippen LogP contribution in [0, 0.1) is 12.8 Å². The molecule has 0 amide bonds. The molecule has 1 aromatic carbocycles. The van der Waals surface area contributed by atoms with Gasteiger partial charge in [-0.2, -0.15) is 0 Å². The predicted molar refractivity (Wildman–Crippen MR) is 80.7 cm³/mol. The van der Waals surface area contributed by atoms with Gasteiger partial charge in [0.25, 0.3) is 0 Å². The lowest BCUT2D eigenvalue weighted by Gasteiger charge is -2.46. The van der Waals surface area contributed by atoms with Gasteiger partial charge in [-0.05, 0) is 40.4 Å². The number of hydrogen-bond donors (Lipinski definition) is 0. The van der Waals surface area contributed by atoms with Crippen molar-refractivity contribution in [3.63, 3.8) is 0 Å². The molecule has 0 bridgehead atoms.